The van der Waals surface area contributed by atoms with Gasteiger partial charge < -0.3 is 14.5 Å². The number of fused-ring (bicyclic) bond motifs is 1. The van der Waals surface area contributed by atoms with Crippen LogP contribution in [0.25, 0.3) is 10.9 Å². The first kappa shape index (κ1) is 22.8. The van der Waals surface area contributed by atoms with Gasteiger partial charge in [0.05, 0.1) is 10.9 Å². The molecule has 0 bridgehead atoms. The molecule has 1 N–H and O–H groups in total. The Bertz CT molecular complexity index is 1040. The van der Waals surface area contributed by atoms with Crippen LogP contribution < -0.4 is 10.9 Å². The number of aryl methyl sites for hydroxylation is 1. The summed E-state index contributed by atoms with van der Waals surface area (Å²) >= 11 is 0. The molecule has 1 aromatic heterocycles. The average Bonchev–Trinajstić information content (AvgIpc) is 3.14. The quantitative estimate of drug-likeness (QED) is 0.795. The molecule has 1 saturated heterocycles. The maximum atomic E-state index is 13.1. The summed E-state index contributed by atoms with van der Waals surface area (Å²) in [5.74, 6) is -0.234. The number of benzene rings is 1. The number of nitrogens with one attached hydrogen (secondary N) is 1. The van der Waals surface area contributed by atoms with Crippen molar-refractivity contribution >= 4 is 22.9 Å². The van der Waals surface area contributed by atoms with Crippen molar-refractivity contribution in [2.24, 2.45) is 5.92 Å². The molecule has 2 aromatic rings. The number of carbonyl (C=O) groups is 2. The summed E-state index contributed by atoms with van der Waals surface area (Å²) in [5.41, 5.74) is 0.198. The number of hydrogen-bond donors (Lipinski definition) is 1. The number of hydrogen-bond acceptors (Lipinski definition) is 6. The lowest BCUT2D eigenvalue weighted by Gasteiger charge is -2.29. The lowest BCUT2D eigenvalue weighted by atomic mass is 10.0. The molecule has 0 saturated carbocycles. The fourth-order valence-electron chi connectivity index (χ4n) is 3.77. The van der Waals surface area contributed by atoms with E-state index in [9.17, 15) is 14.4 Å². The molecule has 0 spiro atoms. The number of carbonyl (C=O) groups excluding carboxylic acids is 2. The maximum absolute atomic E-state index is 13.1. The molecule has 0 unspecified atom stereocenters. The van der Waals surface area contributed by atoms with Crippen LogP contribution in [0.5, 0.6) is 0 Å². The van der Waals surface area contributed by atoms with E-state index in [2.05, 4.69) is 10.3 Å². The van der Waals surface area contributed by atoms with E-state index in [4.69, 9.17) is 9.15 Å². The van der Waals surface area contributed by atoms with Crippen molar-refractivity contribution in [1.82, 2.24) is 15.2 Å². The van der Waals surface area contributed by atoms with Crippen LogP contribution in [0.15, 0.2) is 27.4 Å². The van der Waals surface area contributed by atoms with Crippen molar-refractivity contribution in [2.45, 2.75) is 72.1 Å². The van der Waals surface area contributed by atoms with E-state index in [0.717, 1.165) is 5.56 Å². The van der Waals surface area contributed by atoms with E-state index in [1.54, 1.807) is 26.8 Å². The number of rotatable bonds is 4. The van der Waals surface area contributed by atoms with Crippen molar-refractivity contribution in [2.75, 3.05) is 6.54 Å². The largest absolute Gasteiger partial charge is 0.444 e. The highest BCUT2D eigenvalue weighted by Gasteiger charge is 2.38. The van der Waals surface area contributed by atoms with E-state index in [0.29, 0.717) is 30.3 Å². The Labute approximate surface area is 182 Å². The predicted molar refractivity (Wildman–Crippen MR) is 117 cm³/mol. The Kier molecular flexibility index (Phi) is 6.38. The van der Waals surface area contributed by atoms with Crippen LogP contribution in [-0.2, 0) is 9.53 Å². The number of nitrogens with zero attached hydrogens (tertiary/aromatic N) is 2. The molecule has 2 heterocycles. The van der Waals surface area contributed by atoms with Gasteiger partial charge in [-0.2, -0.15) is 0 Å². The fraction of sp³-hybridized carbons (Fsp3) is 0.565. The monoisotopic (exact) mass is 429 g/mol. The van der Waals surface area contributed by atoms with Gasteiger partial charge in [-0.25, -0.2) is 14.6 Å². The first-order chi connectivity index (χ1) is 14.5. The van der Waals surface area contributed by atoms with E-state index in [-0.39, 0.29) is 17.7 Å². The molecule has 2 atom stereocenters. The van der Waals surface area contributed by atoms with Gasteiger partial charge in [0.2, 0.25) is 11.8 Å². The SMILES string of the molecule is Cc1cccc2nc([C@@H](NC(=O)[C@@H]3CCCN3C(=O)OC(C)(C)C)C(C)C)oc(=O)c12. The van der Waals surface area contributed by atoms with Gasteiger partial charge in [-0.15, -0.1) is 0 Å². The molecule has 3 rings (SSSR count). The molecule has 168 valence electrons. The zero-order valence-electron chi connectivity index (χ0n) is 19.0. The summed E-state index contributed by atoms with van der Waals surface area (Å²) < 4.78 is 11.0. The van der Waals surface area contributed by atoms with Crippen molar-refractivity contribution in [3.05, 3.63) is 40.1 Å². The molecule has 0 aliphatic carbocycles. The van der Waals surface area contributed by atoms with Crippen molar-refractivity contribution < 1.29 is 18.7 Å². The van der Waals surface area contributed by atoms with Gasteiger partial charge in [0.1, 0.15) is 17.7 Å². The zero-order valence-corrected chi connectivity index (χ0v) is 19.0. The minimum Gasteiger partial charge on any atom is -0.444 e. The average molecular weight is 430 g/mol. The Morgan fingerprint density at radius 3 is 2.65 bits per heavy atom. The van der Waals surface area contributed by atoms with Crippen molar-refractivity contribution in [3.63, 3.8) is 0 Å². The van der Waals surface area contributed by atoms with E-state index in [1.807, 2.05) is 32.9 Å². The number of ether oxygens (including phenoxy) is 1. The van der Waals surface area contributed by atoms with Gasteiger partial charge in [0, 0.05) is 6.54 Å². The molecule has 1 aliphatic rings. The normalized spacial score (nSPS) is 17.8. The summed E-state index contributed by atoms with van der Waals surface area (Å²) in [5, 5.41) is 3.38. The summed E-state index contributed by atoms with van der Waals surface area (Å²) in [6.45, 7) is 11.5. The molecule has 1 aromatic carbocycles. The van der Waals surface area contributed by atoms with Crippen LogP contribution in [0.3, 0.4) is 0 Å². The standard InChI is InChI=1S/C23H31N3O5/c1-13(2)18(20-24-15-10-7-9-14(3)17(15)21(28)30-20)25-19(27)16-11-8-12-26(16)22(29)31-23(4,5)6/h7,9-10,13,16,18H,8,11-12H2,1-6H3,(H,25,27)/t16-,18-/m0/s1. The molecule has 31 heavy (non-hydrogen) atoms. The molecule has 0 radical (unpaired) electrons. The molecule has 1 aliphatic heterocycles. The lowest BCUT2D eigenvalue weighted by molar-refractivity contribution is -0.126. The second-order valence-corrected chi connectivity index (χ2v) is 9.37. The van der Waals surface area contributed by atoms with Crippen LogP contribution in [0.4, 0.5) is 4.79 Å². The second kappa shape index (κ2) is 8.69. The predicted octanol–water partition coefficient (Wildman–Crippen LogP) is 3.71. The summed E-state index contributed by atoms with van der Waals surface area (Å²) in [6, 6.07) is 4.17. The van der Waals surface area contributed by atoms with Crippen LogP contribution in [0.1, 0.15) is 65.0 Å². The third-order valence-corrected chi connectivity index (χ3v) is 5.30. The van der Waals surface area contributed by atoms with Gasteiger partial charge in [-0.1, -0.05) is 26.0 Å². The van der Waals surface area contributed by atoms with Gasteiger partial charge >= 0.3 is 11.7 Å². The molecule has 8 heteroatoms. The lowest BCUT2D eigenvalue weighted by Crippen LogP contribution is -2.49. The van der Waals surface area contributed by atoms with Gasteiger partial charge in [-0.05, 0) is 58.1 Å². The molecule has 2 amide bonds. The van der Waals surface area contributed by atoms with Gasteiger partial charge in [0.25, 0.3) is 0 Å². The highest BCUT2D eigenvalue weighted by Crippen LogP contribution is 2.25. The number of amides is 2. The fourth-order valence-corrected chi connectivity index (χ4v) is 3.77. The Balaban J connectivity index is 1.85. The van der Waals surface area contributed by atoms with Crippen molar-refractivity contribution in [3.8, 4) is 0 Å². The van der Waals surface area contributed by atoms with Crippen LogP contribution in [-0.4, -0.2) is 40.1 Å². The van der Waals surface area contributed by atoms with Crippen LogP contribution >= 0.6 is 0 Å². The Morgan fingerprint density at radius 2 is 2.00 bits per heavy atom. The Hall–Kier alpha value is -2.90. The molecular formula is C23H31N3O5. The number of likely N-dealkylation sites (tertiary alicyclic amines) is 1. The van der Waals surface area contributed by atoms with E-state index < -0.39 is 29.4 Å². The second-order valence-electron chi connectivity index (χ2n) is 9.37. The van der Waals surface area contributed by atoms with Crippen LogP contribution in [0.2, 0.25) is 0 Å². The first-order valence-electron chi connectivity index (χ1n) is 10.7. The van der Waals surface area contributed by atoms with Crippen LogP contribution in [0, 0.1) is 12.8 Å². The highest BCUT2D eigenvalue weighted by atomic mass is 16.6. The van der Waals surface area contributed by atoms with E-state index in [1.165, 1.54) is 4.90 Å². The van der Waals surface area contributed by atoms with Crippen molar-refractivity contribution in [1.29, 1.82) is 0 Å². The molecule has 1 fully saturated rings. The minimum atomic E-state index is -0.641. The third kappa shape index (κ3) is 5.06. The summed E-state index contributed by atoms with van der Waals surface area (Å²) in [7, 11) is 0. The van der Waals surface area contributed by atoms with Gasteiger partial charge in [-0.3, -0.25) is 9.69 Å². The zero-order chi connectivity index (χ0) is 22.9. The molecule has 8 nitrogen and oxygen atoms in total. The van der Waals surface area contributed by atoms with E-state index >= 15 is 0 Å². The van der Waals surface area contributed by atoms with Gasteiger partial charge in [0.15, 0.2) is 0 Å². The smallest absolute Gasteiger partial charge is 0.410 e. The maximum Gasteiger partial charge on any atom is 0.410 e. The summed E-state index contributed by atoms with van der Waals surface area (Å²) in [6.07, 6.45) is 0.758. The highest BCUT2D eigenvalue weighted by molar-refractivity contribution is 5.86. The summed E-state index contributed by atoms with van der Waals surface area (Å²) in [4.78, 5) is 44.2. The number of aromatic nitrogens is 1. The first-order valence-corrected chi connectivity index (χ1v) is 10.7. The Morgan fingerprint density at radius 1 is 1.29 bits per heavy atom. The third-order valence-electron chi connectivity index (χ3n) is 5.30. The molecular weight excluding hydrogens is 398 g/mol. The topological polar surface area (TPSA) is 102 Å². The minimum absolute atomic E-state index is 0.0850.